The minimum Gasteiger partial charge on any atom is -0.481 e. The SMILES string of the molecule is O=C(O)CSCn1cc(Br)cn1. The van der Waals surface area contributed by atoms with E-state index in [-0.39, 0.29) is 5.75 Å². The molecule has 0 unspecified atom stereocenters. The molecule has 6 heteroatoms. The van der Waals surface area contributed by atoms with Crippen molar-refractivity contribution < 1.29 is 9.90 Å². The van der Waals surface area contributed by atoms with Gasteiger partial charge in [-0.3, -0.25) is 9.48 Å². The Morgan fingerprint density at radius 3 is 3.08 bits per heavy atom. The van der Waals surface area contributed by atoms with Gasteiger partial charge in [-0.1, -0.05) is 0 Å². The highest BCUT2D eigenvalue weighted by atomic mass is 79.9. The molecule has 0 saturated heterocycles. The summed E-state index contributed by atoms with van der Waals surface area (Å²) in [6.07, 6.45) is 3.47. The third-order valence-electron chi connectivity index (χ3n) is 1.05. The van der Waals surface area contributed by atoms with Crippen LogP contribution in [-0.4, -0.2) is 26.6 Å². The molecule has 1 aromatic heterocycles. The molecule has 66 valence electrons. The fourth-order valence-electron chi connectivity index (χ4n) is 0.635. The lowest BCUT2D eigenvalue weighted by molar-refractivity contribution is -0.133. The van der Waals surface area contributed by atoms with Crippen LogP contribution >= 0.6 is 27.7 Å². The lowest BCUT2D eigenvalue weighted by atomic mass is 10.8. The first-order valence-electron chi connectivity index (χ1n) is 3.16. The van der Waals surface area contributed by atoms with E-state index >= 15 is 0 Å². The van der Waals surface area contributed by atoms with Crippen LogP contribution in [0.2, 0.25) is 0 Å². The van der Waals surface area contributed by atoms with Crippen LogP contribution in [0.5, 0.6) is 0 Å². The zero-order valence-electron chi connectivity index (χ0n) is 6.11. The third-order valence-corrected chi connectivity index (χ3v) is 2.36. The van der Waals surface area contributed by atoms with Gasteiger partial charge in [-0.05, 0) is 15.9 Å². The van der Waals surface area contributed by atoms with Gasteiger partial charge >= 0.3 is 5.97 Å². The van der Waals surface area contributed by atoms with Crippen LogP contribution in [0.1, 0.15) is 0 Å². The van der Waals surface area contributed by atoms with Crippen molar-refractivity contribution in [3.05, 3.63) is 16.9 Å². The number of halogens is 1. The zero-order chi connectivity index (χ0) is 8.97. The highest BCUT2D eigenvalue weighted by Crippen LogP contribution is 2.09. The number of nitrogens with zero attached hydrogens (tertiary/aromatic N) is 2. The fourth-order valence-corrected chi connectivity index (χ4v) is 1.56. The van der Waals surface area contributed by atoms with Crippen LogP contribution < -0.4 is 0 Å². The lowest BCUT2D eigenvalue weighted by Crippen LogP contribution is -2.01. The largest absolute Gasteiger partial charge is 0.481 e. The Balaban J connectivity index is 2.29. The van der Waals surface area contributed by atoms with E-state index < -0.39 is 5.97 Å². The molecule has 1 N–H and O–H groups in total. The Labute approximate surface area is 82.1 Å². The van der Waals surface area contributed by atoms with E-state index in [0.717, 1.165) is 4.47 Å². The molecule has 0 aliphatic carbocycles. The molecule has 1 rings (SSSR count). The van der Waals surface area contributed by atoms with E-state index in [9.17, 15) is 4.79 Å². The minimum absolute atomic E-state index is 0.109. The number of aliphatic carboxylic acids is 1. The molecule has 0 aliphatic heterocycles. The monoisotopic (exact) mass is 250 g/mol. The van der Waals surface area contributed by atoms with Crippen molar-refractivity contribution in [3.8, 4) is 0 Å². The average molecular weight is 251 g/mol. The Morgan fingerprint density at radius 1 is 1.83 bits per heavy atom. The Bertz CT molecular complexity index is 276. The van der Waals surface area contributed by atoms with Crippen LogP contribution in [0.3, 0.4) is 0 Å². The molecule has 12 heavy (non-hydrogen) atoms. The van der Waals surface area contributed by atoms with Gasteiger partial charge in [-0.15, -0.1) is 11.8 Å². The summed E-state index contributed by atoms with van der Waals surface area (Å²) in [7, 11) is 0. The van der Waals surface area contributed by atoms with Crippen molar-refractivity contribution >= 4 is 33.7 Å². The third kappa shape index (κ3) is 3.27. The molecule has 0 radical (unpaired) electrons. The van der Waals surface area contributed by atoms with Gasteiger partial charge in [0.15, 0.2) is 0 Å². The molecular formula is C6H7BrN2O2S. The molecule has 1 heterocycles. The molecule has 0 bridgehead atoms. The molecule has 0 spiro atoms. The highest BCUT2D eigenvalue weighted by Gasteiger charge is 1.98. The summed E-state index contributed by atoms with van der Waals surface area (Å²) < 4.78 is 2.58. The van der Waals surface area contributed by atoms with Crippen LogP contribution in [0.4, 0.5) is 0 Å². The van der Waals surface area contributed by atoms with Gasteiger partial charge in [0.1, 0.15) is 0 Å². The molecule has 0 aromatic carbocycles. The molecule has 0 aliphatic rings. The normalized spacial score (nSPS) is 10.1. The first-order valence-corrected chi connectivity index (χ1v) is 5.11. The number of hydrogen-bond acceptors (Lipinski definition) is 3. The fraction of sp³-hybridized carbons (Fsp3) is 0.333. The molecular weight excluding hydrogens is 244 g/mol. The second-order valence-corrected chi connectivity index (χ2v) is 3.94. The molecule has 0 fully saturated rings. The number of hydrogen-bond donors (Lipinski definition) is 1. The predicted molar refractivity (Wildman–Crippen MR) is 50.0 cm³/mol. The number of carbonyl (C=O) groups is 1. The number of aromatic nitrogens is 2. The van der Waals surface area contributed by atoms with E-state index in [4.69, 9.17) is 5.11 Å². The maximum absolute atomic E-state index is 10.1. The Morgan fingerprint density at radius 2 is 2.58 bits per heavy atom. The maximum atomic E-state index is 10.1. The number of thioether (sulfide) groups is 1. The summed E-state index contributed by atoms with van der Waals surface area (Å²) in [5.41, 5.74) is 0. The summed E-state index contributed by atoms with van der Waals surface area (Å²) >= 11 is 4.55. The lowest BCUT2D eigenvalue weighted by Gasteiger charge is -1.97. The van der Waals surface area contributed by atoms with E-state index in [1.165, 1.54) is 11.8 Å². The second-order valence-electron chi connectivity index (χ2n) is 2.07. The van der Waals surface area contributed by atoms with Crippen molar-refractivity contribution in [2.24, 2.45) is 0 Å². The quantitative estimate of drug-likeness (QED) is 0.879. The van der Waals surface area contributed by atoms with E-state index in [2.05, 4.69) is 21.0 Å². The van der Waals surface area contributed by atoms with Crippen molar-refractivity contribution in [1.82, 2.24) is 9.78 Å². The van der Waals surface area contributed by atoms with Crippen molar-refractivity contribution in [2.45, 2.75) is 5.88 Å². The van der Waals surface area contributed by atoms with Crippen LogP contribution in [0.25, 0.3) is 0 Å². The van der Waals surface area contributed by atoms with Gasteiger partial charge < -0.3 is 5.11 Å². The predicted octanol–water partition coefficient (Wildman–Crippen LogP) is 1.42. The Hall–Kier alpha value is -0.490. The molecule has 0 atom stereocenters. The van der Waals surface area contributed by atoms with Crippen LogP contribution in [0, 0.1) is 0 Å². The van der Waals surface area contributed by atoms with Crippen LogP contribution in [-0.2, 0) is 10.7 Å². The molecule has 0 amide bonds. The first kappa shape index (κ1) is 9.60. The van der Waals surface area contributed by atoms with Gasteiger partial charge in [-0.2, -0.15) is 5.10 Å². The molecule has 0 saturated carbocycles. The van der Waals surface area contributed by atoms with E-state index in [1.54, 1.807) is 17.1 Å². The number of rotatable bonds is 4. The summed E-state index contributed by atoms with van der Waals surface area (Å²) in [5, 5.41) is 12.3. The topological polar surface area (TPSA) is 55.1 Å². The summed E-state index contributed by atoms with van der Waals surface area (Å²) in [4.78, 5) is 10.1. The number of carboxylic acids is 1. The molecule has 4 nitrogen and oxygen atoms in total. The Kier molecular flexibility index (Phi) is 3.61. The van der Waals surface area contributed by atoms with Gasteiger partial charge in [0.2, 0.25) is 0 Å². The van der Waals surface area contributed by atoms with E-state index in [1.807, 2.05) is 0 Å². The first-order chi connectivity index (χ1) is 5.68. The zero-order valence-corrected chi connectivity index (χ0v) is 8.51. The summed E-state index contributed by atoms with van der Waals surface area (Å²) in [6, 6.07) is 0. The van der Waals surface area contributed by atoms with Gasteiger partial charge in [0, 0.05) is 6.20 Å². The molecule has 1 aromatic rings. The maximum Gasteiger partial charge on any atom is 0.313 e. The van der Waals surface area contributed by atoms with E-state index in [0.29, 0.717) is 5.88 Å². The van der Waals surface area contributed by atoms with Crippen molar-refractivity contribution in [3.63, 3.8) is 0 Å². The van der Waals surface area contributed by atoms with Gasteiger partial charge in [0.25, 0.3) is 0 Å². The minimum atomic E-state index is -0.800. The van der Waals surface area contributed by atoms with Crippen LogP contribution in [0.15, 0.2) is 16.9 Å². The van der Waals surface area contributed by atoms with Crippen molar-refractivity contribution in [2.75, 3.05) is 5.75 Å². The van der Waals surface area contributed by atoms with Gasteiger partial charge in [0.05, 0.1) is 22.3 Å². The number of carboxylic acid groups (broad SMARTS) is 1. The smallest absolute Gasteiger partial charge is 0.313 e. The van der Waals surface area contributed by atoms with Crippen molar-refractivity contribution in [1.29, 1.82) is 0 Å². The standard InChI is InChI=1S/C6H7BrN2O2S/c7-5-1-8-9(2-5)4-12-3-6(10)11/h1-2H,3-4H2,(H,10,11). The highest BCUT2D eigenvalue weighted by molar-refractivity contribution is 9.10. The summed E-state index contributed by atoms with van der Waals surface area (Å²) in [6.45, 7) is 0. The summed E-state index contributed by atoms with van der Waals surface area (Å²) in [5.74, 6) is -0.124. The average Bonchev–Trinajstić information content (AvgIpc) is 2.35. The second kappa shape index (κ2) is 4.51. The van der Waals surface area contributed by atoms with Gasteiger partial charge in [-0.25, -0.2) is 0 Å².